The molecule has 0 saturated heterocycles. The van der Waals surface area contributed by atoms with E-state index in [0.29, 0.717) is 0 Å². The average molecular weight is 175 g/mol. The Labute approximate surface area is 80.9 Å². The third-order valence-corrected chi connectivity index (χ3v) is 1.83. The molecule has 0 aliphatic heterocycles. The zero-order valence-electron chi connectivity index (χ0n) is 8.43. The SMILES string of the molecule is C=C/C=C(C)\C(C)=C(/C=C)NC=C. The van der Waals surface area contributed by atoms with Crippen molar-refractivity contribution < 1.29 is 0 Å². The summed E-state index contributed by atoms with van der Waals surface area (Å²) >= 11 is 0. The maximum atomic E-state index is 3.72. The Bertz CT molecular complexity index is 267. The van der Waals surface area contributed by atoms with Crippen LogP contribution in [0.2, 0.25) is 0 Å². The topological polar surface area (TPSA) is 12.0 Å². The molecule has 0 amide bonds. The molecule has 0 unspecified atom stereocenters. The maximum absolute atomic E-state index is 3.72. The molecule has 0 heterocycles. The van der Waals surface area contributed by atoms with E-state index in [0.717, 1.165) is 11.3 Å². The van der Waals surface area contributed by atoms with Crippen LogP contribution in [0.5, 0.6) is 0 Å². The molecular formula is C12H17N. The summed E-state index contributed by atoms with van der Waals surface area (Å²) in [6.45, 7) is 15.0. The quantitative estimate of drug-likeness (QED) is 0.632. The van der Waals surface area contributed by atoms with Gasteiger partial charge in [0.05, 0.1) is 0 Å². The van der Waals surface area contributed by atoms with Gasteiger partial charge in [-0.05, 0) is 37.3 Å². The number of rotatable bonds is 5. The zero-order chi connectivity index (χ0) is 10.3. The predicted molar refractivity (Wildman–Crippen MR) is 60.2 cm³/mol. The van der Waals surface area contributed by atoms with Crippen molar-refractivity contribution in [2.45, 2.75) is 13.8 Å². The summed E-state index contributed by atoms with van der Waals surface area (Å²) in [5.74, 6) is 0. The molecule has 0 aliphatic carbocycles. The summed E-state index contributed by atoms with van der Waals surface area (Å²) in [6, 6.07) is 0. The Morgan fingerprint density at radius 1 is 1.15 bits per heavy atom. The number of hydrogen-bond acceptors (Lipinski definition) is 1. The minimum Gasteiger partial charge on any atom is -0.362 e. The third kappa shape index (κ3) is 3.61. The second-order valence-corrected chi connectivity index (χ2v) is 2.68. The highest BCUT2D eigenvalue weighted by Gasteiger charge is 1.97. The fourth-order valence-corrected chi connectivity index (χ4v) is 0.944. The molecule has 0 bridgehead atoms. The van der Waals surface area contributed by atoms with E-state index in [2.05, 4.69) is 25.1 Å². The average Bonchev–Trinajstić information content (AvgIpc) is 2.13. The summed E-state index contributed by atoms with van der Waals surface area (Å²) in [6.07, 6.45) is 7.15. The van der Waals surface area contributed by atoms with E-state index in [1.807, 2.05) is 19.9 Å². The molecule has 0 atom stereocenters. The molecule has 0 radical (unpaired) electrons. The van der Waals surface area contributed by atoms with Gasteiger partial charge in [0.25, 0.3) is 0 Å². The smallest absolute Gasteiger partial charge is 0.0405 e. The molecule has 0 aliphatic rings. The van der Waals surface area contributed by atoms with Crippen molar-refractivity contribution in [1.82, 2.24) is 5.32 Å². The lowest BCUT2D eigenvalue weighted by molar-refractivity contribution is 1.07. The van der Waals surface area contributed by atoms with Gasteiger partial charge in [-0.15, -0.1) is 0 Å². The number of hydrogen-bond donors (Lipinski definition) is 1. The zero-order valence-corrected chi connectivity index (χ0v) is 8.43. The molecule has 0 saturated carbocycles. The molecule has 0 rings (SSSR count). The van der Waals surface area contributed by atoms with E-state index in [1.54, 1.807) is 18.4 Å². The molecule has 1 heteroatoms. The summed E-state index contributed by atoms with van der Waals surface area (Å²) in [5, 5.41) is 3.02. The lowest BCUT2D eigenvalue weighted by atomic mass is 10.1. The standard InChI is InChI=1S/C12H17N/c1-6-9-10(4)11(5)12(7-2)13-8-3/h6-9,13H,1-3H2,4-5H3/b10-9-,12-11+. The van der Waals surface area contributed by atoms with Crippen LogP contribution < -0.4 is 5.32 Å². The van der Waals surface area contributed by atoms with Gasteiger partial charge < -0.3 is 5.32 Å². The number of nitrogens with one attached hydrogen (secondary N) is 1. The van der Waals surface area contributed by atoms with Crippen molar-refractivity contribution in [2.24, 2.45) is 0 Å². The van der Waals surface area contributed by atoms with Crippen molar-refractivity contribution in [1.29, 1.82) is 0 Å². The Balaban J connectivity index is 4.93. The van der Waals surface area contributed by atoms with Gasteiger partial charge in [-0.1, -0.05) is 31.9 Å². The van der Waals surface area contributed by atoms with Gasteiger partial charge >= 0.3 is 0 Å². The van der Waals surface area contributed by atoms with E-state index < -0.39 is 0 Å². The Hall–Kier alpha value is -1.50. The second kappa shape index (κ2) is 6.06. The summed E-state index contributed by atoms with van der Waals surface area (Å²) in [4.78, 5) is 0. The maximum Gasteiger partial charge on any atom is 0.0405 e. The Morgan fingerprint density at radius 2 is 1.77 bits per heavy atom. The molecule has 0 spiro atoms. The molecular weight excluding hydrogens is 158 g/mol. The lowest BCUT2D eigenvalue weighted by Gasteiger charge is -2.07. The fraction of sp³-hybridized carbons (Fsp3) is 0.167. The molecule has 0 aromatic heterocycles. The van der Waals surface area contributed by atoms with E-state index in [-0.39, 0.29) is 0 Å². The first-order chi connectivity index (χ1) is 6.17. The molecule has 0 fully saturated rings. The summed E-state index contributed by atoms with van der Waals surface area (Å²) < 4.78 is 0. The van der Waals surface area contributed by atoms with Crippen LogP contribution in [0.3, 0.4) is 0 Å². The first kappa shape index (κ1) is 11.5. The van der Waals surface area contributed by atoms with Crippen LogP contribution >= 0.6 is 0 Å². The van der Waals surface area contributed by atoms with E-state index in [9.17, 15) is 0 Å². The summed E-state index contributed by atoms with van der Waals surface area (Å²) in [5.41, 5.74) is 3.29. The normalized spacial score (nSPS) is 12.9. The first-order valence-corrected chi connectivity index (χ1v) is 4.17. The van der Waals surface area contributed by atoms with Gasteiger partial charge in [-0.25, -0.2) is 0 Å². The molecule has 13 heavy (non-hydrogen) atoms. The van der Waals surface area contributed by atoms with Crippen molar-refractivity contribution in [2.75, 3.05) is 0 Å². The highest BCUT2D eigenvalue weighted by Crippen LogP contribution is 2.12. The van der Waals surface area contributed by atoms with Crippen molar-refractivity contribution >= 4 is 0 Å². The van der Waals surface area contributed by atoms with Crippen molar-refractivity contribution in [3.05, 3.63) is 61.0 Å². The lowest BCUT2D eigenvalue weighted by Crippen LogP contribution is -2.04. The van der Waals surface area contributed by atoms with Gasteiger partial charge in [0.1, 0.15) is 0 Å². The van der Waals surface area contributed by atoms with Gasteiger partial charge in [0.2, 0.25) is 0 Å². The molecule has 70 valence electrons. The minimum atomic E-state index is 0.977. The van der Waals surface area contributed by atoms with Crippen LogP contribution in [0.4, 0.5) is 0 Å². The van der Waals surface area contributed by atoms with Gasteiger partial charge in [-0.2, -0.15) is 0 Å². The van der Waals surface area contributed by atoms with Gasteiger partial charge in [0, 0.05) is 5.70 Å². The third-order valence-electron chi connectivity index (χ3n) is 1.83. The van der Waals surface area contributed by atoms with Crippen molar-refractivity contribution in [3.63, 3.8) is 0 Å². The highest BCUT2D eigenvalue weighted by molar-refractivity contribution is 5.38. The van der Waals surface area contributed by atoms with Crippen LogP contribution in [0.1, 0.15) is 13.8 Å². The monoisotopic (exact) mass is 175 g/mol. The largest absolute Gasteiger partial charge is 0.362 e. The van der Waals surface area contributed by atoms with E-state index >= 15 is 0 Å². The minimum absolute atomic E-state index is 0.977. The molecule has 1 nitrogen and oxygen atoms in total. The van der Waals surface area contributed by atoms with E-state index in [1.165, 1.54) is 5.57 Å². The van der Waals surface area contributed by atoms with Crippen LogP contribution in [0.25, 0.3) is 0 Å². The Kier molecular flexibility index (Phi) is 5.37. The summed E-state index contributed by atoms with van der Waals surface area (Å²) in [7, 11) is 0. The van der Waals surface area contributed by atoms with Gasteiger partial charge in [-0.3, -0.25) is 0 Å². The van der Waals surface area contributed by atoms with E-state index in [4.69, 9.17) is 0 Å². The van der Waals surface area contributed by atoms with Crippen LogP contribution in [-0.2, 0) is 0 Å². The van der Waals surface area contributed by atoms with Crippen molar-refractivity contribution in [3.8, 4) is 0 Å². The second-order valence-electron chi connectivity index (χ2n) is 2.68. The van der Waals surface area contributed by atoms with Crippen LogP contribution in [0.15, 0.2) is 61.0 Å². The molecule has 0 aromatic carbocycles. The van der Waals surface area contributed by atoms with Crippen LogP contribution in [-0.4, -0.2) is 0 Å². The highest BCUT2D eigenvalue weighted by atomic mass is 14.8. The molecule has 0 aromatic rings. The first-order valence-electron chi connectivity index (χ1n) is 4.17. The fourth-order valence-electron chi connectivity index (χ4n) is 0.944. The van der Waals surface area contributed by atoms with Crippen LogP contribution in [0, 0.1) is 0 Å². The molecule has 1 N–H and O–H groups in total. The predicted octanol–water partition coefficient (Wildman–Crippen LogP) is 3.31. The van der Waals surface area contributed by atoms with Gasteiger partial charge in [0.15, 0.2) is 0 Å². The number of allylic oxidation sites excluding steroid dienone is 5. The Morgan fingerprint density at radius 3 is 2.15 bits per heavy atom.